The Balaban J connectivity index is 2.11. The minimum absolute atomic E-state index is 0.960. The lowest BCUT2D eigenvalue weighted by atomic mass is 9.92. The van der Waals surface area contributed by atoms with Gasteiger partial charge in [0.05, 0.1) is 0 Å². The summed E-state index contributed by atoms with van der Waals surface area (Å²) in [6, 6.07) is 7.06. The Kier molecular flexibility index (Phi) is 22.0. The van der Waals surface area contributed by atoms with Crippen molar-refractivity contribution in [2.75, 3.05) is 0 Å². The summed E-state index contributed by atoms with van der Waals surface area (Å²) in [5.74, 6) is 0. The van der Waals surface area contributed by atoms with Gasteiger partial charge in [-0.1, -0.05) is 160 Å². The first-order valence-corrected chi connectivity index (χ1v) is 15.7. The van der Waals surface area contributed by atoms with Gasteiger partial charge in [-0.05, 0) is 55.7 Å². The summed E-state index contributed by atoms with van der Waals surface area (Å²) in [6.45, 7) is 8.89. The van der Waals surface area contributed by atoms with E-state index in [2.05, 4.69) is 39.0 Å². The maximum atomic E-state index is 4.29. The van der Waals surface area contributed by atoms with Crippen LogP contribution >= 0.6 is 0 Å². The Bertz CT molecular complexity index is 499. The van der Waals surface area contributed by atoms with Crippen molar-refractivity contribution in [2.45, 2.75) is 174 Å². The average molecular weight is 470 g/mol. The van der Waals surface area contributed by atoms with Crippen molar-refractivity contribution in [1.82, 2.24) is 0 Å². The van der Waals surface area contributed by atoms with E-state index in [0.29, 0.717) is 0 Å². The first-order chi connectivity index (χ1) is 16.8. The van der Waals surface area contributed by atoms with Gasteiger partial charge in [-0.15, -0.1) is 0 Å². The van der Waals surface area contributed by atoms with E-state index in [9.17, 15) is 0 Å². The fraction of sp³-hybridized carbons (Fsp3) is 0.794. The van der Waals surface area contributed by atoms with Crippen LogP contribution in [0.2, 0.25) is 0 Å². The molecule has 0 aliphatic carbocycles. The first kappa shape index (κ1) is 31.3. The SMILES string of the molecule is [CH2]Cc1c(CCCCCCCCCCCCC)cccc1CCCCCCCCCCCCC. The minimum Gasteiger partial charge on any atom is -0.0654 e. The molecule has 0 saturated heterocycles. The molecule has 1 aromatic rings. The van der Waals surface area contributed by atoms with Crippen molar-refractivity contribution in [1.29, 1.82) is 0 Å². The monoisotopic (exact) mass is 469 g/mol. The highest BCUT2D eigenvalue weighted by Gasteiger charge is 2.07. The number of aryl methyl sites for hydroxylation is 2. The molecular weight excluding hydrogens is 408 g/mol. The molecule has 0 atom stereocenters. The van der Waals surface area contributed by atoms with E-state index in [4.69, 9.17) is 0 Å². The predicted octanol–water partition coefficient (Wildman–Crippen LogP) is 11.8. The number of unbranched alkanes of at least 4 members (excludes halogenated alkanes) is 20. The molecule has 34 heavy (non-hydrogen) atoms. The Hall–Kier alpha value is -0.780. The molecule has 0 amide bonds. The number of hydrogen-bond acceptors (Lipinski definition) is 0. The summed E-state index contributed by atoms with van der Waals surface area (Å²) < 4.78 is 0. The van der Waals surface area contributed by atoms with Crippen LogP contribution in [0.1, 0.15) is 172 Å². The highest BCUT2D eigenvalue weighted by atomic mass is 14.1. The van der Waals surface area contributed by atoms with Gasteiger partial charge in [0.1, 0.15) is 0 Å². The summed E-state index contributed by atoms with van der Waals surface area (Å²) in [5.41, 5.74) is 4.75. The van der Waals surface area contributed by atoms with Crippen LogP contribution in [0.25, 0.3) is 0 Å². The van der Waals surface area contributed by atoms with Crippen LogP contribution in [-0.4, -0.2) is 0 Å². The smallest absolute Gasteiger partial charge is 0.0273 e. The quantitative estimate of drug-likeness (QED) is 0.125. The van der Waals surface area contributed by atoms with Crippen molar-refractivity contribution in [3.8, 4) is 0 Å². The molecule has 0 heteroatoms. The molecular formula is C34H61. The molecule has 0 N–H and O–H groups in total. The van der Waals surface area contributed by atoms with Crippen LogP contribution in [0, 0.1) is 6.92 Å². The molecule has 0 fully saturated rings. The average Bonchev–Trinajstić information content (AvgIpc) is 2.86. The fourth-order valence-corrected chi connectivity index (χ4v) is 5.44. The van der Waals surface area contributed by atoms with Gasteiger partial charge in [0.25, 0.3) is 0 Å². The molecule has 0 spiro atoms. The third kappa shape index (κ3) is 16.8. The highest BCUT2D eigenvalue weighted by molar-refractivity contribution is 5.36. The first-order valence-electron chi connectivity index (χ1n) is 15.7. The summed E-state index contributed by atoms with van der Waals surface area (Å²) in [7, 11) is 0. The third-order valence-electron chi connectivity index (χ3n) is 7.72. The summed E-state index contributed by atoms with van der Waals surface area (Å²) in [6.07, 6.45) is 34.8. The topological polar surface area (TPSA) is 0 Å². The van der Waals surface area contributed by atoms with Gasteiger partial charge >= 0.3 is 0 Å². The highest BCUT2D eigenvalue weighted by Crippen LogP contribution is 2.21. The van der Waals surface area contributed by atoms with E-state index in [1.807, 2.05) is 0 Å². The summed E-state index contributed by atoms with van der Waals surface area (Å²) in [4.78, 5) is 0. The van der Waals surface area contributed by atoms with Crippen LogP contribution in [0.15, 0.2) is 18.2 Å². The van der Waals surface area contributed by atoms with Crippen molar-refractivity contribution in [3.05, 3.63) is 41.8 Å². The van der Waals surface area contributed by atoms with Crippen molar-refractivity contribution in [3.63, 3.8) is 0 Å². The van der Waals surface area contributed by atoms with Gasteiger partial charge in [-0.3, -0.25) is 0 Å². The number of benzene rings is 1. The number of hydrogen-bond donors (Lipinski definition) is 0. The third-order valence-corrected chi connectivity index (χ3v) is 7.72. The molecule has 0 aliphatic rings. The molecule has 0 heterocycles. The lowest BCUT2D eigenvalue weighted by Gasteiger charge is -2.14. The maximum absolute atomic E-state index is 4.29. The Morgan fingerprint density at radius 1 is 0.441 bits per heavy atom. The zero-order chi connectivity index (χ0) is 24.5. The summed E-state index contributed by atoms with van der Waals surface area (Å²) in [5, 5.41) is 0. The Morgan fingerprint density at radius 3 is 1.03 bits per heavy atom. The molecule has 1 rings (SSSR count). The lowest BCUT2D eigenvalue weighted by Crippen LogP contribution is -2.00. The van der Waals surface area contributed by atoms with Gasteiger partial charge in [0, 0.05) is 0 Å². The molecule has 0 aromatic heterocycles. The lowest BCUT2D eigenvalue weighted by molar-refractivity contribution is 0.548. The molecule has 0 aliphatic heterocycles. The minimum atomic E-state index is 0.960. The van der Waals surface area contributed by atoms with E-state index >= 15 is 0 Å². The van der Waals surface area contributed by atoms with E-state index in [1.54, 1.807) is 16.7 Å². The Labute approximate surface area is 216 Å². The largest absolute Gasteiger partial charge is 0.0654 e. The maximum Gasteiger partial charge on any atom is -0.0273 e. The van der Waals surface area contributed by atoms with Gasteiger partial charge in [-0.25, -0.2) is 0 Å². The molecule has 197 valence electrons. The van der Waals surface area contributed by atoms with Gasteiger partial charge in [0.15, 0.2) is 0 Å². The summed E-state index contributed by atoms with van der Waals surface area (Å²) >= 11 is 0. The second-order valence-corrected chi connectivity index (χ2v) is 10.9. The van der Waals surface area contributed by atoms with E-state index < -0.39 is 0 Å². The predicted molar refractivity (Wildman–Crippen MR) is 156 cm³/mol. The van der Waals surface area contributed by atoms with Crippen molar-refractivity contribution in [2.24, 2.45) is 0 Å². The van der Waals surface area contributed by atoms with E-state index in [1.165, 1.54) is 154 Å². The van der Waals surface area contributed by atoms with E-state index in [-0.39, 0.29) is 0 Å². The second-order valence-electron chi connectivity index (χ2n) is 10.9. The number of rotatable bonds is 25. The molecule has 0 nitrogen and oxygen atoms in total. The van der Waals surface area contributed by atoms with Crippen LogP contribution < -0.4 is 0 Å². The zero-order valence-electron chi connectivity index (χ0n) is 23.6. The molecule has 1 radical (unpaired) electrons. The van der Waals surface area contributed by atoms with Crippen molar-refractivity contribution < 1.29 is 0 Å². The van der Waals surface area contributed by atoms with Crippen LogP contribution in [0.5, 0.6) is 0 Å². The van der Waals surface area contributed by atoms with Crippen LogP contribution in [-0.2, 0) is 19.3 Å². The fourth-order valence-electron chi connectivity index (χ4n) is 5.44. The van der Waals surface area contributed by atoms with Crippen molar-refractivity contribution >= 4 is 0 Å². The Morgan fingerprint density at radius 2 is 0.735 bits per heavy atom. The normalized spacial score (nSPS) is 11.4. The molecule has 1 aromatic carbocycles. The zero-order valence-corrected chi connectivity index (χ0v) is 23.6. The van der Waals surface area contributed by atoms with Gasteiger partial charge < -0.3 is 0 Å². The molecule has 0 unspecified atom stereocenters. The molecule has 0 bridgehead atoms. The standard InChI is InChI=1S/C34H61/c1-4-7-9-11-13-15-17-19-21-23-25-28-32-30-27-31-33(34(32)6-3)29-26-24-22-20-18-16-14-12-10-8-5-2/h27,30-31H,3-26,28-29H2,1-2H3. The van der Waals surface area contributed by atoms with Crippen LogP contribution in [0.3, 0.4) is 0 Å². The van der Waals surface area contributed by atoms with E-state index in [0.717, 1.165) is 6.42 Å². The van der Waals surface area contributed by atoms with Gasteiger partial charge in [0.2, 0.25) is 0 Å². The second kappa shape index (κ2) is 23.9. The van der Waals surface area contributed by atoms with Crippen LogP contribution in [0.4, 0.5) is 0 Å². The van der Waals surface area contributed by atoms with Gasteiger partial charge in [-0.2, -0.15) is 0 Å². The molecule has 0 saturated carbocycles.